The number of benzene rings is 2. The van der Waals surface area contributed by atoms with Gasteiger partial charge in [-0.15, -0.1) is 0 Å². The van der Waals surface area contributed by atoms with Gasteiger partial charge in [0.1, 0.15) is 5.75 Å². The number of nitrogens with one attached hydrogen (secondary N) is 1. The average Bonchev–Trinajstić information content (AvgIpc) is 2.95. The number of hydrogen-bond acceptors (Lipinski definition) is 2. The van der Waals surface area contributed by atoms with E-state index >= 15 is 0 Å². The monoisotopic (exact) mass is 267 g/mol. The van der Waals surface area contributed by atoms with Crippen molar-refractivity contribution in [3.05, 3.63) is 53.6 Å². The molecule has 20 heavy (non-hydrogen) atoms. The molecule has 1 aliphatic rings. The third kappa shape index (κ3) is 2.56. The van der Waals surface area contributed by atoms with E-state index in [1.807, 2.05) is 0 Å². The lowest BCUT2D eigenvalue weighted by molar-refractivity contribution is 0.357. The summed E-state index contributed by atoms with van der Waals surface area (Å²) in [7, 11) is 0. The van der Waals surface area contributed by atoms with Crippen molar-refractivity contribution in [2.24, 2.45) is 0 Å². The van der Waals surface area contributed by atoms with Crippen molar-refractivity contribution in [3.63, 3.8) is 0 Å². The van der Waals surface area contributed by atoms with E-state index in [0.29, 0.717) is 6.04 Å². The van der Waals surface area contributed by atoms with Crippen molar-refractivity contribution in [1.82, 2.24) is 5.32 Å². The SMILES string of the molecule is CCNC(C)c1cccc(-c2ccc3c(c2)CCO3)c1. The highest BCUT2D eigenvalue weighted by Gasteiger charge is 2.13. The maximum absolute atomic E-state index is 5.57. The standard InChI is InChI=1S/C18H21NO/c1-3-19-13(2)14-5-4-6-15(11-14)16-7-8-18-17(12-16)9-10-20-18/h4-8,11-13,19H,3,9-10H2,1-2H3. The zero-order valence-corrected chi connectivity index (χ0v) is 12.1. The smallest absolute Gasteiger partial charge is 0.122 e. The van der Waals surface area contributed by atoms with Crippen LogP contribution in [0.1, 0.15) is 31.0 Å². The fraction of sp³-hybridized carbons (Fsp3) is 0.333. The Kier molecular flexibility index (Phi) is 3.75. The Bertz CT molecular complexity index is 606. The number of ether oxygens (including phenoxy) is 1. The molecule has 0 bridgehead atoms. The maximum Gasteiger partial charge on any atom is 0.122 e. The van der Waals surface area contributed by atoms with Crippen LogP contribution in [0.2, 0.25) is 0 Å². The van der Waals surface area contributed by atoms with Gasteiger partial charge in [0.2, 0.25) is 0 Å². The topological polar surface area (TPSA) is 21.3 Å². The first-order valence-corrected chi connectivity index (χ1v) is 7.37. The molecule has 0 spiro atoms. The summed E-state index contributed by atoms with van der Waals surface area (Å²) in [5, 5.41) is 3.46. The van der Waals surface area contributed by atoms with Crippen LogP contribution < -0.4 is 10.1 Å². The fourth-order valence-electron chi connectivity index (χ4n) is 2.78. The third-order valence-corrected chi connectivity index (χ3v) is 3.92. The first-order valence-electron chi connectivity index (χ1n) is 7.37. The molecule has 1 atom stereocenters. The Morgan fingerprint density at radius 2 is 2.00 bits per heavy atom. The summed E-state index contributed by atoms with van der Waals surface area (Å²) in [6.07, 6.45) is 1.02. The summed E-state index contributed by atoms with van der Waals surface area (Å²) < 4.78 is 5.57. The highest BCUT2D eigenvalue weighted by molar-refractivity contribution is 5.67. The largest absolute Gasteiger partial charge is 0.493 e. The second-order valence-corrected chi connectivity index (χ2v) is 5.33. The molecule has 0 amide bonds. The van der Waals surface area contributed by atoms with E-state index in [4.69, 9.17) is 4.74 Å². The molecule has 1 unspecified atom stereocenters. The molecule has 1 aliphatic heterocycles. The van der Waals surface area contributed by atoms with Crippen LogP contribution in [0.4, 0.5) is 0 Å². The van der Waals surface area contributed by atoms with Gasteiger partial charge in [-0.25, -0.2) is 0 Å². The van der Waals surface area contributed by atoms with Gasteiger partial charge < -0.3 is 10.1 Å². The molecule has 0 saturated carbocycles. The van der Waals surface area contributed by atoms with Gasteiger partial charge in [-0.1, -0.05) is 31.2 Å². The average molecular weight is 267 g/mol. The summed E-state index contributed by atoms with van der Waals surface area (Å²) in [6.45, 7) is 6.15. The van der Waals surface area contributed by atoms with Crippen LogP contribution in [0, 0.1) is 0 Å². The second-order valence-electron chi connectivity index (χ2n) is 5.33. The highest BCUT2D eigenvalue weighted by Crippen LogP contribution is 2.31. The number of hydrogen-bond donors (Lipinski definition) is 1. The van der Waals surface area contributed by atoms with Gasteiger partial charge in [0.05, 0.1) is 6.61 Å². The van der Waals surface area contributed by atoms with Crippen LogP contribution in [0.15, 0.2) is 42.5 Å². The van der Waals surface area contributed by atoms with Crippen molar-refractivity contribution in [3.8, 4) is 16.9 Å². The van der Waals surface area contributed by atoms with E-state index in [1.54, 1.807) is 0 Å². The lowest BCUT2D eigenvalue weighted by atomic mass is 9.98. The minimum Gasteiger partial charge on any atom is -0.493 e. The van der Waals surface area contributed by atoms with Crippen molar-refractivity contribution in [2.75, 3.05) is 13.2 Å². The van der Waals surface area contributed by atoms with Crippen LogP contribution >= 0.6 is 0 Å². The molecule has 1 heterocycles. The minimum absolute atomic E-state index is 0.387. The van der Waals surface area contributed by atoms with Gasteiger partial charge in [-0.2, -0.15) is 0 Å². The van der Waals surface area contributed by atoms with Crippen molar-refractivity contribution in [1.29, 1.82) is 0 Å². The molecule has 0 fully saturated rings. The first kappa shape index (κ1) is 13.2. The first-order chi connectivity index (χ1) is 9.78. The molecule has 2 heteroatoms. The summed E-state index contributed by atoms with van der Waals surface area (Å²) in [6, 6.07) is 15.7. The lowest BCUT2D eigenvalue weighted by Crippen LogP contribution is -2.17. The Labute approximate surface area is 120 Å². The zero-order valence-electron chi connectivity index (χ0n) is 12.1. The van der Waals surface area contributed by atoms with Crippen molar-refractivity contribution < 1.29 is 4.74 Å². The Hall–Kier alpha value is -1.80. The lowest BCUT2D eigenvalue weighted by Gasteiger charge is -2.14. The van der Waals surface area contributed by atoms with Gasteiger partial charge in [-0.05, 0) is 53.9 Å². The summed E-state index contributed by atoms with van der Waals surface area (Å²) in [5.74, 6) is 1.05. The van der Waals surface area contributed by atoms with Crippen molar-refractivity contribution >= 4 is 0 Å². The van der Waals surface area contributed by atoms with Crippen LogP contribution in [0.3, 0.4) is 0 Å². The van der Waals surface area contributed by atoms with E-state index in [9.17, 15) is 0 Å². The van der Waals surface area contributed by atoms with Crippen LogP contribution in [0.5, 0.6) is 5.75 Å². The van der Waals surface area contributed by atoms with E-state index in [-0.39, 0.29) is 0 Å². The van der Waals surface area contributed by atoms with Gasteiger partial charge >= 0.3 is 0 Å². The zero-order chi connectivity index (χ0) is 13.9. The summed E-state index contributed by atoms with van der Waals surface area (Å²) in [5.41, 5.74) is 5.22. The van der Waals surface area contributed by atoms with E-state index in [2.05, 4.69) is 61.6 Å². The quantitative estimate of drug-likeness (QED) is 0.905. The molecule has 2 aromatic carbocycles. The van der Waals surface area contributed by atoms with Gasteiger partial charge in [0.25, 0.3) is 0 Å². The predicted octanol–water partition coefficient (Wildman–Crippen LogP) is 3.96. The molecular weight excluding hydrogens is 246 g/mol. The molecule has 0 saturated heterocycles. The van der Waals surface area contributed by atoms with Gasteiger partial charge in [0, 0.05) is 12.5 Å². The molecule has 0 aromatic heterocycles. The van der Waals surface area contributed by atoms with Gasteiger partial charge in [-0.3, -0.25) is 0 Å². The predicted molar refractivity (Wildman–Crippen MR) is 83.2 cm³/mol. The van der Waals surface area contributed by atoms with Crippen LogP contribution in [0.25, 0.3) is 11.1 Å². The molecule has 0 aliphatic carbocycles. The van der Waals surface area contributed by atoms with E-state index < -0.39 is 0 Å². The van der Waals surface area contributed by atoms with Crippen LogP contribution in [-0.2, 0) is 6.42 Å². The van der Waals surface area contributed by atoms with E-state index in [1.165, 1.54) is 22.3 Å². The molecule has 2 aromatic rings. The number of rotatable bonds is 4. The molecular formula is C18H21NO. The third-order valence-electron chi connectivity index (χ3n) is 3.92. The van der Waals surface area contributed by atoms with Gasteiger partial charge in [0.15, 0.2) is 0 Å². The maximum atomic E-state index is 5.57. The molecule has 0 radical (unpaired) electrons. The minimum atomic E-state index is 0.387. The molecule has 104 valence electrons. The molecule has 3 rings (SSSR count). The highest BCUT2D eigenvalue weighted by atomic mass is 16.5. The second kappa shape index (κ2) is 5.68. The summed E-state index contributed by atoms with van der Waals surface area (Å²) >= 11 is 0. The Balaban J connectivity index is 1.92. The Morgan fingerprint density at radius 1 is 1.15 bits per heavy atom. The normalized spacial score (nSPS) is 14.7. The molecule has 1 N–H and O–H groups in total. The van der Waals surface area contributed by atoms with E-state index in [0.717, 1.165) is 25.3 Å². The number of fused-ring (bicyclic) bond motifs is 1. The fourth-order valence-corrected chi connectivity index (χ4v) is 2.78. The van der Waals surface area contributed by atoms with Crippen molar-refractivity contribution in [2.45, 2.75) is 26.3 Å². The Morgan fingerprint density at radius 3 is 2.85 bits per heavy atom. The van der Waals surface area contributed by atoms with Crippen LogP contribution in [-0.4, -0.2) is 13.2 Å². The molecule has 2 nitrogen and oxygen atoms in total. The summed E-state index contributed by atoms with van der Waals surface area (Å²) in [4.78, 5) is 0.